The van der Waals surface area contributed by atoms with Gasteiger partial charge in [0.1, 0.15) is 0 Å². The first-order chi connectivity index (χ1) is 16.6. The van der Waals surface area contributed by atoms with E-state index in [0.717, 1.165) is 23.1 Å². The largest absolute Gasteiger partial charge is 0.370 e. The number of nitrogens with one attached hydrogen (secondary N) is 2. The van der Waals surface area contributed by atoms with Crippen molar-refractivity contribution in [3.63, 3.8) is 0 Å². The van der Waals surface area contributed by atoms with Crippen LogP contribution in [0.5, 0.6) is 0 Å². The van der Waals surface area contributed by atoms with Gasteiger partial charge in [-0.3, -0.25) is 9.59 Å². The van der Waals surface area contributed by atoms with Crippen LogP contribution in [0.15, 0.2) is 41.4 Å². The highest BCUT2D eigenvalue weighted by atomic mass is 35.5. The van der Waals surface area contributed by atoms with Crippen LogP contribution in [0.4, 0.5) is 17.1 Å². The van der Waals surface area contributed by atoms with Crippen molar-refractivity contribution in [3.8, 4) is 0 Å². The predicted octanol–water partition coefficient (Wildman–Crippen LogP) is 4.66. The number of anilines is 2. The maximum atomic E-state index is 13.2. The van der Waals surface area contributed by atoms with Crippen molar-refractivity contribution < 1.29 is 18.0 Å². The van der Waals surface area contributed by atoms with Crippen molar-refractivity contribution in [2.45, 2.75) is 41.5 Å². The highest BCUT2D eigenvalue weighted by molar-refractivity contribution is 7.88. The van der Waals surface area contributed by atoms with Gasteiger partial charge in [0.15, 0.2) is 11.5 Å². The number of benzene rings is 2. The Hall–Kier alpha value is -2.75. The lowest BCUT2D eigenvalue weighted by molar-refractivity contribution is -0.121. The summed E-state index contributed by atoms with van der Waals surface area (Å²) >= 11 is 6.09. The van der Waals surface area contributed by atoms with Crippen LogP contribution in [0.1, 0.15) is 38.8 Å². The molecule has 2 aromatic rings. The summed E-state index contributed by atoms with van der Waals surface area (Å²) in [6.45, 7) is 12.3. The summed E-state index contributed by atoms with van der Waals surface area (Å²) in [6.07, 6.45) is 1.13. The SMILES string of the molecule is CCN(CCNS(C)(=O)=O)c1ccc(/N=C(\C(=O)Nc2cc(Cl)ccc2C)C(=O)C(C)(C)C)c(C)c1. The van der Waals surface area contributed by atoms with Crippen molar-refractivity contribution in [1.82, 2.24) is 4.72 Å². The molecule has 2 rings (SSSR count). The van der Waals surface area contributed by atoms with E-state index in [2.05, 4.69) is 15.0 Å². The Balaban J connectivity index is 2.40. The van der Waals surface area contributed by atoms with Crippen molar-refractivity contribution in [3.05, 3.63) is 52.5 Å². The molecule has 0 aliphatic rings. The number of hydrogen-bond acceptors (Lipinski definition) is 6. The summed E-state index contributed by atoms with van der Waals surface area (Å²) < 4.78 is 25.2. The molecule has 0 aliphatic heterocycles. The first-order valence-electron chi connectivity index (χ1n) is 11.6. The van der Waals surface area contributed by atoms with Crippen molar-refractivity contribution in [2.24, 2.45) is 10.4 Å². The fraction of sp³-hybridized carbons (Fsp3) is 0.423. The van der Waals surface area contributed by atoms with Crippen LogP contribution in [0.25, 0.3) is 0 Å². The quantitative estimate of drug-likeness (QED) is 0.340. The number of carbonyl (C=O) groups excluding carboxylic acids is 2. The van der Waals surface area contributed by atoms with Crippen LogP contribution in [0.2, 0.25) is 5.02 Å². The Morgan fingerprint density at radius 3 is 2.28 bits per heavy atom. The molecule has 1 amide bonds. The Morgan fingerprint density at radius 1 is 1.06 bits per heavy atom. The maximum absolute atomic E-state index is 13.2. The number of amides is 1. The van der Waals surface area contributed by atoms with Gasteiger partial charge in [-0.05, 0) is 62.2 Å². The molecule has 0 saturated heterocycles. The lowest BCUT2D eigenvalue weighted by atomic mass is 9.87. The zero-order chi connectivity index (χ0) is 27.3. The second-order valence-corrected chi connectivity index (χ2v) is 11.9. The summed E-state index contributed by atoms with van der Waals surface area (Å²) in [7, 11) is -3.27. The average molecular weight is 535 g/mol. The van der Waals surface area contributed by atoms with Gasteiger partial charge < -0.3 is 10.2 Å². The van der Waals surface area contributed by atoms with Gasteiger partial charge in [0, 0.05) is 41.4 Å². The Kier molecular flexibility index (Phi) is 9.82. The number of likely N-dealkylation sites (N-methyl/N-ethyl adjacent to an activating group) is 1. The molecular formula is C26H35ClN4O4S. The van der Waals surface area contributed by atoms with Crippen LogP contribution in [0, 0.1) is 19.3 Å². The third kappa shape index (κ3) is 8.43. The molecule has 2 aromatic carbocycles. The lowest BCUT2D eigenvalue weighted by Gasteiger charge is -2.24. The lowest BCUT2D eigenvalue weighted by Crippen LogP contribution is -2.37. The summed E-state index contributed by atoms with van der Waals surface area (Å²) in [6, 6.07) is 10.6. The van der Waals surface area contributed by atoms with Crippen molar-refractivity contribution >= 4 is 56.1 Å². The number of nitrogens with zero attached hydrogens (tertiary/aromatic N) is 2. The molecule has 0 aromatic heterocycles. The van der Waals surface area contributed by atoms with E-state index in [0.29, 0.717) is 29.5 Å². The van der Waals surface area contributed by atoms with E-state index in [1.807, 2.05) is 37.8 Å². The summed E-state index contributed by atoms with van der Waals surface area (Å²) in [4.78, 5) is 33.0. The smallest absolute Gasteiger partial charge is 0.278 e. The van der Waals surface area contributed by atoms with Gasteiger partial charge in [0.05, 0.1) is 11.9 Å². The molecule has 0 saturated carbocycles. The summed E-state index contributed by atoms with van der Waals surface area (Å²) in [5.74, 6) is -0.990. The van der Waals surface area contributed by atoms with Gasteiger partial charge in [-0.1, -0.05) is 38.4 Å². The normalized spacial score (nSPS) is 12.4. The van der Waals surface area contributed by atoms with Crippen LogP contribution in [-0.2, 0) is 19.6 Å². The second kappa shape index (κ2) is 12.0. The molecule has 0 unspecified atom stereocenters. The monoisotopic (exact) mass is 534 g/mol. The highest BCUT2D eigenvalue weighted by Gasteiger charge is 2.31. The molecule has 36 heavy (non-hydrogen) atoms. The zero-order valence-electron chi connectivity index (χ0n) is 21.9. The van der Waals surface area contributed by atoms with E-state index < -0.39 is 21.3 Å². The summed E-state index contributed by atoms with van der Waals surface area (Å²) in [5, 5.41) is 3.25. The highest BCUT2D eigenvalue weighted by Crippen LogP contribution is 2.27. The number of halogens is 1. The van der Waals surface area contributed by atoms with E-state index in [4.69, 9.17) is 11.6 Å². The van der Waals surface area contributed by atoms with E-state index in [-0.39, 0.29) is 18.0 Å². The predicted molar refractivity (Wildman–Crippen MR) is 148 cm³/mol. The Morgan fingerprint density at radius 2 is 1.72 bits per heavy atom. The van der Waals surface area contributed by atoms with Gasteiger partial charge in [0.2, 0.25) is 10.0 Å². The van der Waals surface area contributed by atoms with Gasteiger partial charge in [0.25, 0.3) is 5.91 Å². The third-order valence-corrected chi connectivity index (χ3v) is 6.43. The van der Waals surface area contributed by atoms with Gasteiger partial charge in [-0.25, -0.2) is 18.1 Å². The van der Waals surface area contributed by atoms with Crippen LogP contribution < -0.4 is 14.9 Å². The molecule has 2 N–H and O–H groups in total. The van der Waals surface area contributed by atoms with Gasteiger partial charge in [-0.15, -0.1) is 0 Å². The number of aliphatic imine (C=N–C) groups is 1. The van der Waals surface area contributed by atoms with E-state index in [1.54, 1.807) is 45.0 Å². The minimum atomic E-state index is -3.27. The fourth-order valence-electron chi connectivity index (χ4n) is 3.39. The third-order valence-electron chi connectivity index (χ3n) is 5.46. The van der Waals surface area contributed by atoms with Crippen LogP contribution in [-0.4, -0.2) is 51.7 Å². The molecule has 0 radical (unpaired) electrons. The fourth-order valence-corrected chi connectivity index (χ4v) is 4.02. The van der Waals surface area contributed by atoms with Crippen molar-refractivity contribution in [1.29, 1.82) is 0 Å². The molecule has 0 bridgehead atoms. The standard InChI is InChI=1S/C26H35ClN4O4S/c1-8-31(14-13-28-36(7,34)35)20-11-12-21(18(3)15-20)29-23(24(32)26(4,5)6)25(33)30-22-16-19(27)10-9-17(22)2/h9-12,15-16,28H,8,13-14H2,1-7H3,(H,30,33)/b29-23-. The average Bonchev–Trinajstić information content (AvgIpc) is 2.76. The molecule has 0 heterocycles. The van der Waals surface area contributed by atoms with Gasteiger partial charge >= 0.3 is 0 Å². The number of hydrogen-bond donors (Lipinski definition) is 2. The molecular weight excluding hydrogens is 500 g/mol. The Labute approximate surface area is 219 Å². The number of aryl methyl sites for hydroxylation is 2. The molecule has 0 spiro atoms. The second-order valence-electron chi connectivity index (χ2n) is 9.67. The van der Waals surface area contributed by atoms with E-state index >= 15 is 0 Å². The van der Waals surface area contributed by atoms with E-state index in [9.17, 15) is 18.0 Å². The molecule has 0 fully saturated rings. The van der Waals surface area contributed by atoms with Crippen LogP contribution in [0.3, 0.4) is 0 Å². The first kappa shape index (κ1) is 29.5. The molecule has 8 nitrogen and oxygen atoms in total. The number of sulfonamides is 1. The number of carbonyl (C=O) groups is 2. The van der Waals surface area contributed by atoms with Crippen LogP contribution >= 0.6 is 11.6 Å². The van der Waals surface area contributed by atoms with E-state index in [1.165, 1.54) is 0 Å². The number of ketones is 1. The first-order valence-corrected chi connectivity index (χ1v) is 13.9. The van der Waals surface area contributed by atoms with Crippen molar-refractivity contribution in [2.75, 3.05) is 36.1 Å². The molecule has 10 heteroatoms. The maximum Gasteiger partial charge on any atom is 0.278 e. The minimum absolute atomic E-state index is 0.192. The topological polar surface area (TPSA) is 108 Å². The minimum Gasteiger partial charge on any atom is -0.370 e. The molecule has 0 aliphatic carbocycles. The molecule has 0 atom stereocenters. The molecule has 196 valence electrons. The Bertz CT molecular complexity index is 1270. The number of rotatable bonds is 10. The van der Waals surface area contributed by atoms with Gasteiger partial charge in [-0.2, -0.15) is 0 Å². The zero-order valence-corrected chi connectivity index (χ0v) is 23.5. The summed E-state index contributed by atoms with van der Waals surface area (Å²) in [5.41, 5.74) is 2.45. The number of Topliss-reactive ketones (excluding diaryl/α,β-unsaturated/α-hetero) is 1.